The van der Waals surface area contributed by atoms with Crippen LogP contribution in [0.3, 0.4) is 0 Å². The van der Waals surface area contributed by atoms with Gasteiger partial charge >= 0.3 is 0 Å². The Morgan fingerprint density at radius 3 is 2.77 bits per heavy atom. The van der Waals surface area contributed by atoms with E-state index in [1.807, 2.05) is 0 Å². The summed E-state index contributed by atoms with van der Waals surface area (Å²) in [5.41, 5.74) is 8.12. The highest BCUT2D eigenvalue weighted by molar-refractivity contribution is 5.23. The molecule has 0 fully saturated rings. The van der Waals surface area contributed by atoms with E-state index in [2.05, 4.69) is 36.5 Å². The molecule has 1 aromatic rings. The van der Waals surface area contributed by atoms with Crippen molar-refractivity contribution in [3.05, 3.63) is 35.4 Å². The molecule has 0 saturated heterocycles. The lowest BCUT2D eigenvalue weighted by molar-refractivity contribution is 0.694. The summed E-state index contributed by atoms with van der Waals surface area (Å²) < 4.78 is 0. The molecule has 72 valence electrons. The minimum absolute atomic E-state index is 0.702. The molecule has 0 bridgehead atoms. The summed E-state index contributed by atoms with van der Waals surface area (Å²) in [5, 5.41) is 3.28. The minimum atomic E-state index is 0.702. The number of rotatable bonds is 5. The molecule has 0 aliphatic heterocycles. The van der Waals surface area contributed by atoms with Gasteiger partial charge in [0.15, 0.2) is 0 Å². The Labute approximate surface area is 80.1 Å². The highest BCUT2D eigenvalue weighted by Gasteiger charge is 1.93. The molecule has 13 heavy (non-hydrogen) atoms. The first-order valence-electron chi connectivity index (χ1n) is 4.85. The van der Waals surface area contributed by atoms with Gasteiger partial charge in [-0.05, 0) is 17.5 Å². The summed E-state index contributed by atoms with van der Waals surface area (Å²) in [6.07, 6.45) is 1.10. The molecule has 0 heterocycles. The van der Waals surface area contributed by atoms with E-state index < -0.39 is 0 Å². The van der Waals surface area contributed by atoms with E-state index >= 15 is 0 Å². The topological polar surface area (TPSA) is 38.0 Å². The van der Waals surface area contributed by atoms with Gasteiger partial charge in [0, 0.05) is 19.6 Å². The second-order valence-corrected chi connectivity index (χ2v) is 3.14. The lowest BCUT2D eigenvalue weighted by atomic mass is 10.1. The summed E-state index contributed by atoms with van der Waals surface area (Å²) in [4.78, 5) is 0. The Morgan fingerprint density at radius 1 is 1.31 bits per heavy atom. The van der Waals surface area contributed by atoms with Crippen molar-refractivity contribution in [2.24, 2.45) is 5.73 Å². The van der Waals surface area contributed by atoms with Gasteiger partial charge in [0.25, 0.3) is 0 Å². The Bertz CT molecular complexity index is 246. The molecule has 0 saturated carbocycles. The molecule has 1 rings (SSSR count). The Hall–Kier alpha value is -0.860. The number of aryl methyl sites for hydroxylation is 1. The first-order valence-corrected chi connectivity index (χ1v) is 4.85. The maximum Gasteiger partial charge on any atom is 0.0206 e. The smallest absolute Gasteiger partial charge is 0.0206 e. The molecule has 0 radical (unpaired) electrons. The molecule has 3 N–H and O–H groups in total. The maximum atomic E-state index is 5.39. The number of nitrogens with one attached hydrogen (secondary N) is 1. The van der Waals surface area contributed by atoms with Crippen molar-refractivity contribution < 1.29 is 0 Å². The van der Waals surface area contributed by atoms with Gasteiger partial charge in [0.05, 0.1) is 0 Å². The average Bonchev–Trinajstić information content (AvgIpc) is 2.19. The third-order valence-corrected chi connectivity index (χ3v) is 2.05. The van der Waals surface area contributed by atoms with E-state index in [1.165, 1.54) is 11.1 Å². The normalized spacial score (nSPS) is 10.3. The largest absolute Gasteiger partial charge is 0.329 e. The van der Waals surface area contributed by atoms with Crippen molar-refractivity contribution in [2.45, 2.75) is 19.9 Å². The van der Waals surface area contributed by atoms with Crippen LogP contribution in [0.1, 0.15) is 18.1 Å². The predicted molar refractivity (Wildman–Crippen MR) is 56.6 cm³/mol. The van der Waals surface area contributed by atoms with E-state index in [4.69, 9.17) is 5.73 Å². The molecule has 0 aliphatic rings. The van der Waals surface area contributed by atoms with E-state index in [-0.39, 0.29) is 0 Å². The van der Waals surface area contributed by atoms with Crippen molar-refractivity contribution in [2.75, 3.05) is 13.1 Å². The maximum absolute atomic E-state index is 5.39. The van der Waals surface area contributed by atoms with Gasteiger partial charge in [0.2, 0.25) is 0 Å². The van der Waals surface area contributed by atoms with Gasteiger partial charge < -0.3 is 11.1 Å². The van der Waals surface area contributed by atoms with Gasteiger partial charge in [-0.1, -0.05) is 31.2 Å². The number of benzene rings is 1. The molecular formula is C11H18N2. The van der Waals surface area contributed by atoms with Crippen LogP contribution in [0.2, 0.25) is 0 Å². The summed E-state index contributed by atoms with van der Waals surface area (Å²) in [7, 11) is 0. The molecule has 0 unspecified atom stereocenters. The van der Waals surface area contributed by atoms with E-state index in [0.717, 1.165) is 19.5 Å². The van der Waals surface area contributed by atoms with Crippen molar-refractivity contribution in [3.8, 4) is 0 Å². The molecule has 0 aliphatic carbocycles. The highest BCUT2D eigenvalue weighted by atomic mass is 14.9. The molecule has 2 heteroatoms. The van der Waals surface area contributed by atoms with Crippen LogP contribution in [-0.4, -0.2) is 13.1 Å². The van der Waals surface area contributed by atoms with Crippen LogP contribution in [0.25, 0.3) is 0 Å². The molecule has 2 nitrogen and oxygen atoms in total. The highest BCUT2D eigenvalue weighted by Crippen LogP contribution is 2.05. The van der Waals surface area contributed by atoms with Gasteiger partial charge in [-0.25, -0.2) is 0 Å². The molecule has 0 amide bonds. The first kappa shape index (κ1) is 10.2. The second-order valence-electron chi connectivity index (χ2n) is 3.14. The second kappa shape index (κ2) is 5.73. The Balaban J connectivity index is 2.46. The minimum Gasteiger partial charge on any atom is -0.329 e. The monoisotopic (exact) mass is 178 g/mol. The van der Waals surface area contributed by atoms with Crippen molar-refractivity contribution >= 4 is 0 Å². The zero-order valence-electron chi connectivity index (χ0n) is 8.22. The quantitative estimate of drug-likeness (QED) is 0.667. The molecule has 0 aromatic heterocycles. The fraction of sp³-hybridized carbons (Fsp3) is 0.455. The SMILES string of the molecule is CCc1cccc(CNCCN)c1. The van der Waals surface area contributed by atoms with Crippen LogP contribution < -0.4 is 11.1 Å². The standard InChI is InChI=1S/C11H18N2/c1-2-10-4-3-5-11(8-10)9-13-7-6-12/h3-5,8,13H,2,6-7,9,12H2,1H3. The summed E-state index contributed by atoms with van der Waals surface area (Å²) in [5.74, 6) is 0. The number of hydrogen-bond donors (Lipinski definition) is 2. The van der Waals surface area contributed by atoms with Crippen LogP contribution >= 0.6 is 0 Å². The van der Waals surface area contributed by atoms with E-state index in [0.29, 0.717) is 6.54 Å². The molecule has 1 aromatic carbocycles. The Kier molecular flexibility index (Phi) is 4.50. The predicted octanol–water partition coefficient (Wildman–Crippen LogP) is 1.30. The van der Waals surface area contributed by atoms with E-state index in [9.17, 15) is 0 Å². The van der Waals surface area contributed by atoms with Gasteiger partial charge in [-0.15, -0.1) is 0 Å². The van der Waals surface area contributed by atoms with Crippen LogP contribution in [0, 0.1) is 0 Å². The van der Waals surface area contributed by atoms with Crippen molar-refractivity contribution in [3.63, 3.8) is 0 Å². The third kappa shape index (κ3) is 3.57. The van der Waals surface area contributed by atoms with Crippen molar-refractivity contribution in [1.29, 1.82) is 0 Å². The number of nitrogens with two attached hydrogens (primary N) is 1. The summed E-state index contributed by atoms with van der Waals surface area (Å²) in [6, 6.07) is 8.65. The van der Waals surface area contributed by atoms with Crippen LogP contribution in [0.5, 0.6) is 0 Å². The zero-order valence-corrected chi connectivity index (χ0v) is 8.22. The summed E-state index contributed by atoms with van der Waals surface area (Å²) >= 11 is 0. The van der Waals surface area contributed by atoms with Crippen LogP contribution in [-0.2, 0) is 13.0 Å². The van der Waals surface area contributed by atoms with Gasteiger partial charge in [-0.2, -0.15) is 0 Å². The zero-order chi connectivity index (χ0) is 9.52. The number of hydrogen-bond acceptors (Lipinski definition) is 2. The van der Waals surface area contributed by atoms with Crippen LogP contribution in [0.15, 0.2) is 24.3 Å². The van der Waals surface area contributed by atoms with Crippen LogP contribution in [0.4, 0.5) is 0 Å². The van der Waals surface area contributed by atoms with Gasteiger partial charge in [-0.3, -0.25) is 0 Å². The van der Waals surface area contributed by atoms with Gasteiger partial charge in [0.1, 0.15) is 0 Å². The fourth-order valence-electron chi connectivity index (χ4n) is 1.29. The molecular weight excluding hydrogens is 160 g/mol. The third-order valence-electron chi connectivity index (χ3n) is 2.05. The molecule has 0 atom stereocenters. The van der Waals surface area contributed by atoms with E-state index in [1.54, 1.807) is 0 Å². The molecule has 0 spiro atoms. The fourth-order valence-corrected chi connectivity index (χ4v) is 1.29. The van der Waals surface area contributed by atoms with Crippen molar-refractivity contribution in [1.82, 2.24) is 5.32 Å². The average molecular weight is 178 g/mol. The first-order chi connectivity index (χ1) is 6.36. The Morgan fingerprint density at radius 2 is 2.08 bits per heavy atom. The lowest BCUT2D eigenvalue weighted by Crippen LogP contribution is -2.21. The summed E-state index contributed by atoms with van der Waals surface area (Å²) in [6.45, 7) is 4.68. The lowest BCUT2D eigenvalue weighted by Gasteiger charge is -2.04.